The molecule has 128 valence electrons. The molecule has 0 fully saturated rings. The summed E-state index contributed by atoms with van der Waals surface area (Å²) in [7, 11) is 0. The highest BCUT2D eigenvalue weighted by Gasteiger charge is 2.15. The number of aromatic nitrogens is 4. The topological polar surface area (TPSA) is 72.8 Å². The van der Waals surface area contributed by atoms with Crippen molar-refractivity contribution in [3.05, 3.63) is 16.8 Å². The van der Waals surface area contributed by atoms with E-state index in [1.165, 1.54) is 10.4 Å². The molecule has 3 aromatic heterocycles. The van der Waals surface area contributed by atoms with Crippen molar-refractivity contribution in [3.63, 3.8) is 0 Å². The van der Waals surface area contributed by atoms with E-state index < -0.39 is 0 Å². The summed E-state index contributed by atoms with van der Waals surface area (Å²) >= 11 is 4.80. The van der Waals surface area contributed by atoms with Crippen LogP contribution in [-0.2, 0) is 4.74 Å². The Balaban J connectivity index is 1.67. The number of nitrogens with zero attached hydrogens (tertiary/aromatic N) is 4. The minimum absolute atomic E-state index is 0.758. The second-order valence-electron chi connectivity index (χ2n) is 5.09. The van der Waals surface area contributed by atoms with Gasteiger partial charge in [0.1, 0.15) is 16.2 Å². The van der Waals surface area contributed by atoms with Gasteiger partial charge in [0, 0.05) is 30.0 Å². The maximum Gasteiger partial charge on any atom is 0.206 e. The average Bonchev–Trinajstić information content (AvgIpc) is 3.13. The summed E-state index contributed by atoms with van der Waals surface area (Å²) in [5, 5.41) is 14.6. The number of thiophene rings is 1. The molecule has 0 aliphatic heterocycles. The first-order valence-electron chi connectivity index (χ1n) is 7.72. The van der Waals surface area contributed by atoms with Gasteiger partial charge >= 0.3 is 0 Å². The largest absolute Gasteiger partial charge is 0.382 e. The van der Waals surface area contributed by atoms with Gasteiger partial charge < -0.3 is 10.1 Å². The third-order valence-electron chi connectivity index (χ3n) is 3.47. The highest BCUT2D eigenvalue weighted by molar-refractivity contribution is 8.01. The number of rotatable bonds is 8. The average molecular weight is 382 g/mol. The maximum absolute atomic E-state index is 5.32. The molecule has 0 unspecified atom stereocenters. The molecule has 3 heterocycles. The van der Waals surface area contributed by atoms with E-state index in [1.807, 2.05) is 6.92 Å². The van der Waals surface area contributed by atoms with Gasteiger partial charge in [0.25, 0.3) is 0 Å². The van der Waals surface area contributed by atoms with Crippen LogP contribution in [0.4, 0.5) is 5.13 Å². The number of fused-ring (bicyclic) bond motifs is 1. The van der Waals surface area contributed by atoms with Crippen molar-refractivity contribution >= 4 is 49.8 Å². The summed E-state index contributed by atoms with van der Waals surface area (Å²) in [5.74, 6) is 0. The molecular weight excluding hydrogens is 362 g/mol. The lowest BCUT2D eigenvalue weighted by Crippen LogP contribution is -2.05. The number of anilines is 1. The zero-order chi connectivity index (χ0) is 16.9. The van der Waals surface area contributed by atoms with E-state index >= 15 is 0 Å². The third-order valence-corrected chi connectivity index (χ3v) is 6.52. The van der Waals surface area contributed by atoms with Gasteiger partial charge in [-0.05, 0) is 44.5 Å². The quantitative estimate of drug-likeness (QED) is 0.464. The summed E-state index contributed by atoms with van der Waals surface area (Å²) < 4.78 is 6.20. The number of ether oxygens (including phenoxy) is 1. The Morgan fingerprint density at radius 3 is 2.92 bits per heavy atom. The van der Waals surface area contributed by atoms with E-state index in [0.717, 1.165) is 50.9 Å². The molecule has 3 rings (SSSR count). The van der Waals surface area contributed by atoms with Gasteiger partial charge in [-0.1, -0.05) is 11.3 Å². The molecule has 0 aliphatic rings. The van der Waals surface area contributed by atoms with Crippen molar-refractivity contribution in [1.29, 1.82) is 0 Å². The Labute approximate surface area is 153 Å². The highest BCUT2D eigenvalue weighted by Crippen LogP contribution is 2.38. The first kappa shape index (κ1) is 17.5. The summed E-state index contributed by atoms with van der Waals surface area (Å²) in [6, 6.07) is 0. The molecule has 0 spiro atoms. The molecular formula is C15H19N5OS3. The molecule has 0 radical (unpaired) electrons. The molecule has 1 N–H and O–H groups in total. The van der Waals surface area contributed by atoms with Gasteiger partial charge in [-0.3, -0.25) is 0 Å². The van der Waals surface area contributed by atoms with Crippen molar-refractivity contribution in [2.75, 3.05) is 25.1 Å². The fourth-order valence-corrected chi connectivity index (χ4v) is 5.05. The number of nitrogens with one attached hydrogen (secondary N) is 1. The standard InChI is InChI=1S/C15H19N5OS3/c1-4-21-7-5-6-16-14-19-20-15(24-14)23-13-11-9(2)10(3)22-12(11)17-8-18-13/h8H,4-7H2,1-3H3,(H,16,19). The molecule has 9 heteroatoms. The monoisotopic (exact) mass is 381 g/mol. The maximum atomic E-state index is 5.32. The fraction of sp³-hybridized carbons (Fsp3) is 0.467. The van der Waals surface area contributed by atoms with E-state index in [1.54, 1.807) is 40.8 Å². The first-order chi connectivity index (χ1) is 11.7. The molecule has 0 atom stereocenters. The predicted octanol–water partition coefficient (Wildman–Crippen LogP) is 4.15. The number of hydrogen-bond acceptors (Lipinski definition) is 9. The van der Waals surface area contributed by atoms with Gasteiger partial charge in [-0.2, -0.15) is 0 Å². The van der Waals surface area contributed by atoms with Crippen LogP contribution < -0.4 is 5.32 Å². The summed E-state index contributed by atoms with van der Waals surface area (Å²) in [5.41, 5.74) is 1.25. The molecule has 0 aromatic carbocycles. The zero-order valence-corrected chi connectivity index (χ0v) is 16.3. The molecule has 0 saturated heterocycles. The summed E-state index contributed by atoms with van der Waals surface area (Å²) in [6.45, 7) is 8.59. The van der Waals surface area contributed by atoms with E-state index in [0.29, 0.717) is 0 Å². The van der Waals surface area contributed by atoms with E-state index in [9.17, 15) is 0 Å². The molecule has 0 bridgehead atoms. The van der Waals surface area contributed by atoms with Crippen molar-refractivity contribution in [2.24, 2.45) is 0 Å². The van der Waals surface area contributed by atoms with E-state index in [-0.39, 0.29) is 0 Å². The lowest BCUT2D eigenvalue weighted by molar-refractivity contribution is 0.147. The van der Waals surface area contributed by atoms with Crippen LogP contribution in [0.15, 0.2) is 15.7 Å². The van der Waals surface area contributed by atoms with Gasteiger partial charge in [-0.15, -0.1) is 21.5 Å². The molecule has 0 amide bonds. The number of aryl methyl sites for hydroxylation is 2. The normalized spacial score (nSPS) is 11.3. The Morgan fingerprint density at radius 2 is 2.08 bits per heavy atom. The smallest absolute Gasteiger partial charge is 0.206 e. The predicted molar refractivity (Wildman–Crippen MR) is 101 cm³/mol. The van der Waals surface area contributed by atoms with Gasteiger partial charge in [-0.25, -0.2) is 9.97 Å². The van der Waals surface area contributed by atoms with Crippen molar-refractivity contribution in [2.45, 2.75) is 36.6 Å². The first-order valence-corrected chi connectivity index (χ1v) is 10.2. The van der Waals surface area contributed by atoms with Gasteiger partial charge in [0.15, 0.2) is 4.34 Å². The Bertz CT molecular complexity index is 817. The van der Waals surface area contributed by atoms with Crippen molar-refractivity contribution in [3.8, 4) is 0 Å². The van der Waals surface area contributed by atoms with E-state index in [2.05, 4.69) is 39.3 Å². The summed E-state index contributed by atoms with van der Waals surface area (Å²) in [6.07, 6.45) is 2.57. The minimum Gasteiger partial charge on any atom is -0.382 e. The number of hydrogen-bond donors (Lipinski definition) is 1. The zero-order valence-electron chi connectivity index (χ0n) is 13.8. The van der Waals surface area contributed by atoms with Gasteiger partial charge in [0.05, 0.1) is 0 Å². The van der Waals surface area contributed by atoms with Crippen LogP contribution in [-0.4, -0.2) is 39.9 Å². The minimum atomic E-state index is 0.758. The molecule has 24 heavy (non-hydrogen) atoms. The Kier molecular flexibility index (Phi) is 5.99. The molecule has 6 nitrogen and oxygen atoms in total. The van der Waals surface area contributed by atoms with Crippen molar-refractivity contribution in [1.82, 2.24) is 20.2 Å². The molecule has 0 aliphatic carbocycles. The lowest BCUT2D eigenvalue weighted by Gasteiger charge is -2.01. The second-order valence-corrected chi connectivity index (χ2v) is 8.51. The fourth-order valence-electron chi connectivity index (χ4n) is 2.15. The lowest BCUT2D eigenvalue weighted by atomic mass is 10.2. The third kappa shape index (κ3) is 4.02. The van der Waals surface area contributed by atoms with Crippen LogP contribution in [0.2, 0.25) is 0 Å². The Hall–Kier alpha value is -1.29. The second kappa shape index (κ2) is 8.19. The van der Waals surface area contributed by atoms with E-state index in [4.69, 9.17) is 4.74 Å². The van der Waals surface area contributed by atoms with Crippen LogP contribution in [0, 0.1) is 13.8 Å². The van der Waals surface area contributed by atoms with Crippen LogP contribution >= 0.6 is 34.4 Å². The summed E-state index contributed by atoms with van der Waals surface area (Å²) in [4.78, 5) is 11.1. The SMILES string of the molecule is CCOCCCNc1nnc(Sc2ncnc3sc(C)c(C)c23)s1. The van der Waals surface area contributed by atoms with Gasteiger partial charge in [0.2, 0.25) is 5.13 Å². The van der Waals surface area contributed by atoms with Crippen LogP contribution in [0.3, 0.4) is 0 Å². The van der Waals surface area contributed by atoms with Crippen LogP contribution in [0.5, 0.6) is 0 Å². The van der Waals surface area contributed by atoms with Crippen LogP contribution in [0.1, 0.15) is 23.8 Å². The van der Waals surface area contributed by atoms with Crippen LogP contribution in [0.25, 0.3) is 10.2 Å². The highest BCUT2D eigenvalue weighted by atomic mass is 32.2. The Morgan fingerprint density at radius 1 is 1.21 bits per heavy atom. The van der Waals surface area contributed by atoms with Crippen molar-refractivity contribution < 1.29 is 4.74 Å². The molecule has 3 aromatic rings. The molecule has 0 saturated carbocycles.